The van der Waals surface area contributed by atoms with Crippen LogP contribution in [0.2, 0.25) is 0 Å². The highest BCUT2D eigenvalue weighted by atomic mass is 16.6. The topological polar surface area (TPSA) is 110 Å². The van der Waals surface area contributed by atoms with Gasteiger partial charge in [-0.25, -0.2) is 9.78 Å². The maximum absolute atomic E-state index is 11.8. The third-order valence-corrected chi connectivity index (χ3v) is 7.44. The number of piperazine rings is 1. The Morgan fingerprint density at radius 3 is 2.89 bits per heavy atom. The van der Waals surface area contributed by atoms with Crippen LogP contribution < -0.4 is 15.5 Å². The van der Waals surface area contributed by atoms with E-state index in [9.17, 15) is 10.1 Å². The van der Waals surface area contributed by atoms with Gasteiger partial charge in [-0.2, -0.15) is 10.2 Å². The Morgan fingerprint density at radius 2 is 2.17 bits per heavy atom. The third kappa shape index (κ3) is 4.88. The van der Waals surface area contributed by atoms with Crippen LogP contribution in [-0.4, -0.2) is 84.3 Å². The molecule has 3 fully saturated rings. The van der Waals surface area contributed by atoms with Gasteiger partial charge in [0, 0.05) is 56.2 Å². The van der Waals surface area contributed by atoms with Crippen molar-refractivity contribution >= 4 is 29.2 Å². The summed E-state index contributed by atoms with van der Waals surface area (Å²) >= 11 is 0. The lowest BCUT2D eigenvalue weighted by atomic mass is 10.1. The Labute approximate surface area is 212 Å². The summed E-state index contributed by atoms with van der Waals surface area (Å²) in [6.45, 7) is 6.75. The average molecular weight is 491 g/mol. The summed E-state index contributed by atoms with van der Waals surface area (Å²) in [5.41, 5.74) is 3.92. The molecule has 2 atom stereocenters. The van der Waals surface area contributed by atoms with Crippen molar-refractivity contribution in [1.82, 2.24) is 19.8 Å². The number of nitrogens with zero attached hydrogens (tertiary/aromatic N) is 6. The summed E-state index contributed by atoms with van der Waals surface area (Å²) in [6, 6.07) is 9.72. The monoisotopic (exact) mass is 490 g/mol. The molecule has 1 aromatic carbocycles. The van der Waals surface area contributed by atoms with Crippen molar-refractivity contribution in [2.24, 2.45) is 0 Å². The van der Waals surface area contributed by atoms with Gasteiger partial charge in [0.1, 0.15) is 17.5 Å². The fourth-order valence-electron chi connectivity index (χ4n) is 5.55. The Balaban J connectivity index is 1.27. The fourth-order valence-corrected chi connectivity index (χ4v) is 5.55. The number of likely N-dealkylation sites (N-methyl/N-ethyl adjacent to an activating group) is 1. The van der Waals surface area contributed by atoms with E-state index in [-0.39, 0.29) is 6.09 Å². The summed E-state index contributed by atoms with van der Waals surface area (Å²) in [7, 11) is 2.22. The number of ether oxygens (including phenoxy) is 1. The first-order valence-electron chi connectivity index (χ1n) is 12.9. The van der Waals surface area contributed by atoms with Gasteiger partial charge in [0.15, 0.2) is 0 Å². The summed E-state index contributed by atoms with van der Waals surface area (Å²) in [5.74, 6) is 0.941. The number of nitriles is 1. The number of hydrogen-bond donors (Lipinski definition) is 2. The van der Waals surface area contributed by atoms with Crippen LogP contribution in [0, 0.1) is 11.3 Å². The van der Waals surface area contributed by atoms with Crippen molar-refractivity contribution in [1.29, 1.82) is 5.26 Å². The number of rotatable bonds is 9. The smallest absolute Gasteiger partial charge is 0.409 e. The summed E-state index contributed by atoms with van der Waals surface area (Å²) in [5, 5.41) is 16.2. The van der Waals surface area contributed by atoms with Gasteiger partial charge in [0.2, 0.25) is 5.95 Å². The molecule has 2 aromatic rings. The second-order valence-corrected chi connectivity index (χ2v) is 9.72. The molecule has 3 aliphatic rings. The van der Waals surface area contributed by atoms with Crippen LogP contribution in [0.3, 0.4) is 0 Å². The summed E-state index contributed by atoms with van der Waals surface area (Å²) in [6.07, 6.45) is 4.99. The summed E-state index contributed by atoms with van der Waals surface area (Å²) in [4.78, 5) is 27.5. The Morgan fingerprint density at radius 1 is 1.28 bits per heavy atom. The highest BCUT2D eigenvalue weighted by Crippen LogP contribution is 2.38. The number of cyclic esters (lactones) is 1. The largest absolute Gasteiger partial charge is 0.449 e. The van der Waals surface area contributed by atoms with Crippen molar-refractivity contribution in [3.8, 4) is 6.07 Å². The molecule has 0 aliphatic carbocycles. The minimum Gasteiger partial charge on any atom is -0.449 e. The molecule has 1 aromatic heterocycles. The Hall–Kier alpha value is -3.58. The number of nitrogens with one attached hydrogen (secondary N) is 2. The maximum atomic E-state index is 11.8. The molecule has 3 aliphatic heterocycles. The van der Waals surface area contributed by atoms with E-state index < -0.39 is 0 Å². The number of aromatic nitrogens is 2. The van der Waals surface area contributed by atoms with Crippen LogP contribution >= 0.6 is 0 Å². The molecule has 0 saturated carbocycles. The van der Waals surface area contributed by atoms with Crippen LogP contribution in [0.4, 0.5) is 27.9 Å². The zero-order chi connectivity index (χ0) is 25.1. The van der Waals surface area contributed by atoms with Gasteiger partial charge in [-0.1, -0.05) is 13.0 Å². The average Bonchev–Trinajstić information content (AvgIpc) is 3.47. The lowest BCUT2D eigenvalue weighted by molar-refractivity contribution is 0.0729. The minimum atomic E-state index is -0.254. The molecule has 2 N–H and O–H groups in total. The molecule has 10 heteroatoms. The second-order valence-electron chi connectivity index (χ2n) is 9.72. The molecule has 5 rings (SSSR count). The molecule has 0 unspecified atom stereocenters. The van der Waals surface area contributed by atoms with Crippen LogP contribution in [-0.2, 0) is 11.2 Å². The zero-order valence-corrected chi connectivity index (χ0v) is 21.0. The standard InChI is InChI=1S/C26H34N8O2/c1-3-21-22(7-4-8-23(21)34-17-19-13-20(34)16-32(19)2)30-25-29-15-18(14-27)24(31-25)28-9-5-10-33-11-6-12-36-26(33)35/h4,7-8,15,19-20H,3,5-6,9-13,16-17H2,1-2H3,(H2,28,29,30,31)/t19-,20-/m1/s1. The molecule has 10 nitrogen and oxygen atoms in total. The molecule has 2 bridgehead atoms. The number of hydrogen-bond acceptors (Lipinski definition) is 9. The first-order valence-corrected chi connectivity index (χ1v) is 12.9. The molecule has 0 spiro atoms. The van der Waals surface area contributed by atoms with Gasteiger partial charge >= 0.3 is 6.09 Å². The van der Waals surface area contributed by atoms with Crippen molar-refractivity contribution in [2.75, 3.05) is 61.9 Å². The van der Waals surface area contributed by atoms with Crippen LogP contribution in [0.25, 0.3) is 0 Å². The molecule has 3 saturated heterocycles. The van der Waals surface area contributed by atoms with Crippen molar-refractivity contribution in [3.63, 3.8) is 0 Å². The van der Waals surface area contributed by atoms with Gasteiger partial charge in [-0.15, -0.1) is 0 Å². The van der Waals surface area contributed by atoms with E-state index in [4.69, 9.17) is 4.74 Å². The van der Waals surface area contributed by atoms with Crippen LogP contribution in [0.5, 0.6) is 0 Å². The van der Waals surface area contributed by atoms with Gasteiger partial charge in [-0.05, 0) is 50.4 Å². The van der Waals surface area contributed by atoms with E-state index in [1.165, 1.54) is 17.7 Å². The number of carbonyl (C=O) groups is 1. The molecule has 36 heavy (non-hydrogen) atoms. The third-order valence-electron chi connectivity index (χ3n) is 7.44. The van der Waals surface area contributed by atoms with Crippen molar-refractivity contribution in [3.05, 3.63) is 35.5 Å². The van der Waals surface area contributed by atoms with E-state index in [1.54, 1.807) is 11.1 Å². The normalized spacial score (nSPS) is 21.4. The van der Waals surface area contributed by atoms with Gasteiger partial charge in [-0.3, -0.25) is 4.90 Å². The molecule has 1 amide bonds. The van der Waals surface area contributed by atoms with Gasteiger partial charge in [0.25, 0.3) is 0 Å². The number of fused-ring (bicyclic) bond motifs is 2. The number of anilines is 4. The minimum absolute atomic E-state index is 0.254. The molecular formula is C26H34N8O2. The first-order chi connectivity index (χ1) is 17.6. The van der Waals surface area contributed by atoms with Gasteiger partial charge < -0.3 is 25.2 Å². The van der Waals surface area contributed by atoms with Gasteiger partial charge in [0.05, 0.1) is 12.8 Å². The number of likely N-dealkylation sites (tertiary alicyclic amines) is 1. The number of carbonyl (C=O) groups excluding carboxylic acids is 1. The Bertz CT molecular complexity index is 1150. The van der Waals surface area contributed by atoms with Crippen LogP contribution in [0.15, 0.2) is 24.4 Å². The lowest BCUT2D eigenvalue weighted by Crippen LogP contribution is -2.44. The highest BCUT2D eigenvalue weighted by molar-refractivity contribution is 5.71. The number of amides is 1. The SMILES string of the molecule is CCc1c(Nc2ncc(C#N)c(NCCCN3CCCOC3=O)n2)cccc1N1C[C@H]2C[C@@H]1CN2C. The van der Waals surface area contributed by atoms with Crippen molar-refractivity contribution < 1.29 is 9.53 Å². The first kappa shape index (κ1) is 24.1. The highest BCUT2D eigenvalue weighted by Gasteiger charge is 2.42. The lowest BCUT2D eigenvalue weighted by Gasteiger charge is -2.35. The molecule has 4 heterocycles. The Kier molecular flexibility index (Phi) is 7.09. The van der Waals surface area contributed by atoms with E-state index in [0.29, 0.717) is 49.1 Å². The molecular weight excluding hydrogens is 456 g/mol. The zero-order valence-electron chi connectivity index (χ0n) is 21.0. The van der Waals surface area contributed by atoms with Crippen LogP contribution in [0.1, 0.15) is 37.3 Å². The van der Waals surface area contributed by atoms with E-state index in [0.717, 1.165) is 44.6 Å². The molecule has 190 valence electrons. The quantitative estimate of drug-likeness (QED) is 0.512. The predicted molar refractivity (Wildman–Crippen MR) is 139 cm³/mol. The van der Waals surface area contributed by atoms with Crippen molar-refractivity contribution in [2.45, 2.75) is 44.7 Å². The van der Waals surface area contributed by atoms with E-state index in [2.05, 4.69) is 68.6 Å². The maximum Gasteiger partial charge on any atom is 0.409 e. The number of benzene rings is 1. The second kappa shape index (κ2) is 10.6. The van der Waals surface area contributed by atoms with E-state index in [1.807, 2.05) is 0 Å². The van der Waals surface area contributed by atoms with E-state index >= 15 is 0 Å². The molecule has 0 radical (unpaired) electrons. The fraction of sp³-hybridized carbons (Fsp3) is 0.538. The summed E-state index contributed by atoms with van der Waals surface area (Å²) < 4.78 is 5.08. The predicted octanol–water partition coefficient (Wildman–Crippen LogP) is 3.19.